The Kier molecular flexibility index (Phi) is 4.08. The Morgan fingerprint density at radius 3 is 1.83 bits per heavy atom. The molecular weight excluding hydrogens is 243 g/mol. The van der Waals surface area contributed by atoms with Gasteiger partial charge in [-0.1, -0.05) is 32.9 Å². The van der Waals surface area contributed by atoms with E-state index in [1.807, 2.05) is 20.8 Å². The lowest BCUT2D eigenvalue weighted by atomic mass is 9.82. The Hall–Kier alpha value is -1.07. The van der Waals surface area contributed by atoms with Gasteiger partial charge in [-0.05, 0) is 23.1 Å². The molecule has 0 bridgehead atoms. The molecule has 102 valence electrons. The highest BCUT2D eigenvalue weighted by atomic mass is 19.4. The first-order valence-corrected chi connectivity index (χ1v) is 5.64. The molecule has 0 unspecified atom stereocenters. The van der Waals surface area contributed by atoms with E-state index < -0.39 is 29.3 Å². The van der Waals surface area contributed by atoms with Gasteiger partial charge in [0, 0.05) is 0 Å². The van der Waals surface area contributed by atoms with E-state index in [0.717, 1.165) is 12.1 Å². The zero-order valence-electron chi connectivity index (χ0n) is 10.6. The van der Waals surface area contributed by atoms with Crippen molar-refractivity contribution >= 4 is 0 Å². The fraction of sp³-hybridized carbons (Fsp3) is 0.538. The van der Waals surface area contributed by atoms with Gasteiger partial charge in [0.15, 0.2) is 0 Å². The third-order valence-electron chi connectivity index (χ3n) is 2.85. The summed E-state index contributed by atoms with van der Waals surface area (Å²) in [6.45, 7) is 5.46. The quantitative estimate of drug-likeness (QED) is 0.859. The van der Waals surface area contributed by atoms with Gasteiger partial charge >= 0.3 is 6.18 Å². The van der Waals surface area contributed by atoms with Gasteiger partial charge in [0.25, 0.3) is 0 Å². The summed E-state index contributed by atoms with van der Waals surface area (Å²) in [5.74, 6) is 0. The summed E-state index contributed by atoms with van der Waals surface area (Å²) in [7, 11) is 0. The van der Waals surface area contributed by atoms with Gasteiger partial charge in [0.1, 0.15) is 0 Å². The first-order valence-electron chi connectivity index (χ1n) is 5.64. The molecule has 0 heterocycles. The lowest BCUT2D eigenvalue weighted by Gasteiger charge is -2.31. The second-order valence-corrected chi connectivity index (χ2v) is 5.46. The van der Waals surface area contributed by atoms with Crippen molar-refractivity contribution < 1.29 is 18.3 Å². The van der Waals surface area contributed by atoms with Crippen LogP contribution in [0.1, 0.15) is 37.9 Å². The second-order valence-electron chi connectivity index (χ2n) is 5.46. The minimum absolute atomic E-state index is 0.428. The van der Waals surface area contributed by atoms with Crippen LogP contribution < -0.4 is 5.73 Å². The molecule has 5 heteroatoms. The Balaban J connectivity index is 2.93. The highest BCUT2D eigenvalue weighted by Crippen LogP contribution is 2.32. The van der Waals surface area contributed by atoms with E-state index in [1.165, 1.54) is 12.1 Å². The number of halogens is 3. The molecule has 0 spiro atoms. The number of benzene rings is 1. The minimum atomic E-state index is -4.36. The van der Waals surface area contributed by atoms with Gasteiger partial charge in [-0.3, -0.25) is 0 Å². The number of nitrogens with two attached hydrogens (primary N) is 1. The molecule has 0 radical (unpaired) electrons. The highest BCUT2D eigenvalue weighted by Gasteiger charge is 2.32. The smallest absolute Gasteiger partial charge is 0.391 e. The molecule has 1 rings (SSSR count). The Morgan fingerprint density at radius 2 is 1.50 bits per heavy atom. The van der Waals surface area contributed by atoms with Gasteiger partial charge in [-0.25, -0.2) is 0 Å². The summed E-state index contributed by atoms with van der Waals surface area (Å²) in [5, 5.41) is 9.99. The largest absolute Gasteiger partial charge is 0.416 e. The van der Waals surface area contributed by atoms with Gasteiger partial charge < -0.3 is 10.8 Å². The van der Waals surface area contributed by atoms with Gasteiger partial charge in [0.05, 0.1) is 17.7 Å². The third kappa shape index (κ3) is 3.46. The number of hydrogen-bond acceptors (Lipinski definition) is 2. The maximum Gasteiger partial charge on any atom is 0.416 e. The van der Waals surface area contributed by atoms with Crippen molar-refractivity contribution in [2.75, 3.05) is 0 Å². The van der Waals surface area contributed by atoms with Crippen molar-refractivity contribution in [3.8, 4) is 0 Å². The van der Waals surface area contributed by atoms with E-state index in [2.05, 4.69) is 0 Å². The van der Waals surface area contributed by atoms with Crippen LogP contribution in [0.15, 0.2) is 24.3 Å². The minimum Gasteiger partial charge on any atom is -0.391 e. The van der Waals surface area contributed by atoms with Crippen LogP contribution in [0.25, 0.3) is 0 Å². The molecule has 2 atom stereocenters. The highest BCUT2D eigenvalue weighted by molar-refractivity contribution is 5.27. The summed E-state index contributed by atoms with van der Waals surface area (Å²) >= 11 is 0. The zero-order chi connectivity index (χ0) is 14.1. The van der Waals surface area contributed by atoms with Crippen LogP contribution in [-0.4, -0.2) is 11.2 Å². The van der Waals surface area contributed by atoms with Crippen LogP contribution in [0, 0.1) is 5.41 Å². The van der Waals surface area contributed by atoms with E-state index in [1.54, 1.807) is 0 Å². The average molecular weight is 261 g/mol. The molecule has 0 aliphatic heterocycles. The zero-order valence-corrected chi connectivity index (χ0v) is 10.6. The van der Waals surface area contributed by atoms with Crippen LogP contribution in [0.4, 0.5) is 13.2 Å². The maximum absolute atomic E-state index is 12.4. The number of alkyl halides is 3. The molecule has 0 aromatic heterocycles. The first kappa shape index (κ1) is 15.0. The van der Waals surface area contributed by atoms with E-state index in [9.17, 15) is 18.3 Å². The van der Waals surface area contributed by atoms with Gasteiger partial charge in [-0.2, -0.15) is 13.2 Å². The fourth-order valence-electron chi connectivity index (χ4n) is 1.62. The van der Waals surface area contributed by atoms with Crippen molar-refractivity contribution in [1.82, 2.24) is 0 Å². The fourth-order valence-corrected chi connectivity index (χ4v) is 1.62. The molecule has 0 amide bonds. The molecule has 0 fully saturated rings. The summed E-state index contributed by atoms with van der Waals surface area (Å²) in [4.78, 5) is 0. The summed E-state index contributed by atoms with van der Waals surface area (Å²) in [6, 6.07) is 3.87. The van der Waals surface area contributed by atoms with Gasteiger partial charge in [-0.15, -0.1) is 0 Å². The average Bonchev–Trinajstić information content (AvgIpc) is 2.25. The monoisotopic (exact) mass is 261 g/mol. The predicted molar refractivity (Wildman–Crippen MR) is 63.8 cm³/mol. The van der Waals surface area contributed by atoms with Crippen molar-refractivity contribution in [3.63, 3.8) is 0 Å². The number of rotatable bonds is 2. The Labute approximate surface area is 105 Å². The second kappa shape index (κ2) is 4.90. The topological polar surface area (TPSA) is 46.2 Å². The SMILES string of the molecule is CC(C)(C)[C@H](O)[C@H](N)c1ccc(C(F)(F)F)cc1. The van der Waals surface area contributed by atoms with Crippen molar-refractivity contribution in [1.29, 1.82) is 0 Å². The molecule has 0 saturated heterocycles. The molecule has 0 aliphatic rings. The molecule has 0 aliphatic carbocycles. The lowest BCUT2D eigenvalue weighted by molar-refractivity contribution is -0.137. The van der Waals surface area contributed by atoms with Crippen molar-refractivity contribution in [2.24, 2.45) is 11.1 Å². The summed E-state index contributed by atoms with van der Waals surface area (Å²) < 4.78 is 37.2. The summed E-state index contributed by atoms with van der Waals surface area (Å²) in [5.41, 5.74) is 5.20. The number of aliphatic hydroxyl groups excluding tert-OH is 1. The standard InChI is InChI=1S/C13H18F3NO/c1-12(2,3)11(18)10(17)8-4-6-9(7-5-8)13(14,15)16/h4-7,10-11,18H,17H2,1-3H3/t10-,11-/m1/s1. The molecule has 0 saturated carbocycles. The van der Waals surface area contributed by atoms with Crippen LogP contribution >= 0.6 is 0 Å². The van der Waals surface area contributed by atoms with Crippen molar-refractivity contribution in [2.45, 2.75) is 39.1 Å². The number of hydrogen-bond donors (Lipinski definition) is 2. The molecule has 1 aromatic rings. The van der Waals surface area contributed by atoms with E-state index in [-0.39, 0.29) is 0 Å². The predicted octanol–water partition coefficient (Wildman–Crippen LogP) is 3.11. The Morgan fingerprint density at radius 1 is 1.06 bits per heavy atom. The third-order valence-corrected chi connectivity index (χ3v) is 2.85. The summed E-state index contributed by atoms with van der Waals surface area (Å²) in [6.07, 6.45) is -5.18. The van der Waals surface area contributed by atoms with Crippen LogP contribution in [0.2, 0.25) is 0 Å². The van der Waals surface area contributed by atoms with E-state index >= 15 is 0 Å². The molecule has 3 N–H and O–H groups in total. The van der Waals surface area contributed by atoms with Crippen LogP contribution in [0.5, 0.6) is 0 Å². The van der Waals surface area contributed by atoms with E-state index in [0.29, 0.717) is 5.56 Å². The normalized spacial score (nSPS) is 16.4. The lowest BCUT2D eigenvalue weighted by Crippen LogP contribution is -2.36. The molecular formula is C13H18F3NO. The van der Waals surface area contributed by atoms with Crippen LogP contribution in [-0.2, 0) is 6.18 Å². The molecule has 2 nitrogen and oxygen atoms in total. The molecule has 1 aromatic carbocycles. The first-order chi connectivity index (χ1) is 8.03. The number of aliphatic hydroxyl groups is 1. The maximum atomic E-state index is 12.4. The Bertz CT molecular complexity index is 392. The van der Waals surface area contributed by atoms with E-state index in [4.69, 9.17) is 5.73 Å². The van der Waals surface area contributed by atoms with Crippen LogP contribution in [0.3, 0.4) is 0 Å². The van der Waals surface area contributed by atoms with Gasteiger partial charge in [0.2, 0.25) is 0 Å². The van der Waals surface area contributed by atoms with Crippen molar-refractivity contribution in [3.05, 3.63) is 35.4 Å². The molecule has 18 heavy (non-hydrogen) atoms.